The standard InChI is InChI=1S/C29H35N9O3/c1-3-22-30-20-9-4-5-10-21(20)38(22)29-32-26-25(27(33-29)35-13-15-41-16-14-35)31-23(34(26)2)17-36-11-12-37(18-24(36)39)28(40)19-7-6-8-19/h4-5,9-10,19H,3,6-8,11-18H2,1-2H3. The smallest absolute Gasteiger partial charge is 0.242 e. The lowest BCUT2D eigenvalue weighted by atomic mass is 9.84. The molecule has 3 fully saturated rings. The quantitative estimate of drug-likeness (QED) is 0.354. The Labute approximate surface area is 237 Å². The molecule has 2 aliphatic heterocycles. The first kappa shape index (κ1) is 25.9. The number of ether oxygens (including phenoxy) is 1. The number of nitrogens with zero attached hydrogens (tertiary/aromatic N) is 9. The lowest BCUT2D eigenvalue weighted by molar-refractivity contribution is -0.149. The van der Waals surface area contributed by atoms with Crippen molar-refractivity contribution in [2.45, 2.75) is 39.2 Å². The van der Waals surface area contributed by atoms with Gasteiger partial charge in [0.2, 0.25) is 17.8 Å². The molecule has 3 aromatic heterocycles. The largest absolute Gasteiger partial charge is 0.378 e. The first-order valence-electron chi connectivity index (χ1n) is 14.6. The topological polar surface area (TPSA) is 115 Å². The zero-order valence-corrected chi connectivity index (χ0v) is 23.6. The van der Waals surface area contributed by atoms with Crippen LogP contribution < -0.4 is 4.90 Å². The first-order valence-corrected chi connectivity index (χ1v) is 14.6. The summed E-state index contributed by atoms with van der Waals surface area (Å²) < 4.78 is 9.63. The molecule has 2 saturated heterocycles. The molecule has 12 heteroatoms. The number of rotatable bonds is 6. The average Bonchev–Trinajstić information content (AvgIpc) is 3.50. The number of hydrogen-bond acceptors (Lipinski definition) is 8. The highest BCUT2D eigenvalue weighted by molar-refractivity contribution is 5.88. The van der Waals surface area contributed by atoms with Crippen molar-refractivity contribution < 1.29 is 14.3 Å². The van der Waals surface area contributed by atoms with E-state index in [1.807, 2.05) is 40.4 Å². The fraction of sp³-hybridized carbons (Fsp3) is 0.517. The van der Waals surface area contributed by atoms with Crippen molar-refractivity contribution in [3.63, 3.8) is 0 Å². The molecule has 0 unspecified atom stereocenters. The first-order chi connectivity index (χ1) is 20.0. The molecule has 0 radical (unpaired) electrons. The zero-order valence-electron chi connectivity index (χ0n) is 23.6. The van der Waals surface area contributed by atoms with E-state index in [4.69, 9.17) is 24.7 Å². The number of aromatic nitrogens is 6. The number of carbonyl (C=O) groups excluding carboxylic acids is 2. The average molecular weight is 558 g/mol. The van der Waals surface area contributed by atoms with Crippen LogP contribution in [0, 0.1) is 5.92 Å². The maximum Gasteiger partial charge on any atom is 0.242 e. The number of hydrogen-bond donors (Lipinski definition) is 0. The Bertz CT molecular complexity index is 1630. The molecule has 1 aromatic carbocycles. The third-order valence-corrected chi connectivity index (χ3v) is 8.66. The Balaban J connectivity index is 1.25. The molecule has 12 nitrogen and oxygen atoms in total. The van der Waals surface area contributed by atoms with E-state index in [2.05, 4.69) is 11.8 Å². The number of carbonyl (C=O) groups is 2. The van der Waals surface area contributed by atoms with Crippen LogP contribution in [0.15, 0.2) is 24.3 Å². The number of aryl methyl sites for hydroxylation is 2. The van der Waals surface area contributed by atoms with Gasteiger partial charge in [0, 0.05) is 45.6 Å². The van der Waals surface area contributed by atoms with E-state index >= 15 is 0 Å². The van der Waals surface area contributed by atoms with E-state index in [0.29, 0.717) is 63.0 Å². The van der Waals surface area contributed by atoms with Crippen LogP contribution in [-0.4, -0.2) is 96.6 Å². The molecule has 41 heavy (non-hydrogen) atoms. The van der Waals surface area contributed by atoms with Gasteiger partial charge in [-0.05, 0) is 25.0 Å². The summed E-state index contributed by atoms with van der Waals surface area (Å²) in [6.07, 6.45) is 3.72. The number of imidazole rings is 2. The number of amides is 2. The third-order valence-electron chi connectivity index (χ3n) is 8.66. The van der Waals surface area contributed by atoms with Gasteiger partial charge in [0.1, 0.15) is 11.6 Å². The van der Waals surface area contributed by atoms with Gasteiger partial charge in [0.15, 0.2) is 17.0 Å². The molecular weight excluding hydrogens is 522 g/mol. The van der Waals surface area contributed by atoms with Gasteiger partial charge in [-0.3, -0.25) is 14.2 Å². The van der Waals surface area contributed by atoms with E-state index in [0.717, 1.165) is 54.2 Å². The molecule has 1 aliphatic carbocycles. The highest BCUT2D eigenvalue weighted by Crippen LogP contribution is 2.30. The highest BCUT2D eigenvalue weighted by atomic mass is 16.5. The summed E-state index contributed by atoms with van der Waals surface area (Å²) in [6, 6.07) is 8.03. The molecule has 3 aliphatic rings. The highest BCUT2D eigenvalue weighted by Gasteiger charge is 2.34. The second-order valence-corrected chi connectivity index (χ2v) is 11.1. The van der Waals surface area contributed by atoms with Gasteiger partial charge in [-0.15, -0.1) is 0 Å². The van der Waals surface area contributed by atoms with Crippen molar-refractivity contribution in [2.24, 2.45) is 13.0 Å². The van der Waals surface area contributed by atoms with Crippen molar-refractivity contribution in [2.75, 3.05) is 50.8 Å². The van der Waals surface area contributed by atoms with Crippen LogP contribution in [-0.2, 0) is 34.3 Å². The Hall–Kier alpha value is -4.06. The van der Waals surface area contributed by atoms with E-state index in [9.17, 15) is 9.59 Å². The molecule has 0 N–H and O–H groups in total. The van der Waals surface area contributed by atoms with Crippen LogP contribution >= 0.6 is 0 Å². The second kappa shape index (κ2) is 10.4. The van der Waals surface area contributed by atoms with Crippen molar-refractivity contribution in [1.82, 2.24) is 38.9 Å². The predicted octanol–water partition coefficient (Wildman–Crippen LogP) is 2.07. The summed E-state index contributed by atoms with van der Waals surface area (Å²) in [4.78, 5) is 51.5. The Kier molecular flexibility index (Phi) is 6.57. The van der Waals surface area contributed by atoms with Crippen LogP contribution in [0.3, 0.4) is 0 Å². The van der Waals surface area contributed by atoms with Gasteiger partial charge in [0.05, 0.1) is 37.3 Å². The fourth-order valence-corrected chi connectivity index (χ4v) is 6.00. The lowest BCUT2D eigenvalue weighted by Gasteiger charge is -2.37. The summed E-state index contributed by atoms with van der Waals surface area (Å²) in [5.74, 6) is 3.12. The molecule has 5 heterocycles. The molecule has 214 valence electrons. The summed E-state index contributed by atoms with van der Waals surface area (Å²) in [5.41, 5.74) is 3.28. The minimum atomic E-state index is -0.0476. The van der Waals surface area contributed by atoms with Crippen LogP contribution in [0.1, 0.15) is 37.8 Å². The SMILES string of the molecule is CCc1nc2ccccc2n1-c1nc(N2CCOCC2)c2nc(CN3CCN(C(=O)C4CCC4)CC3=O)n(C)c2n1. The van der Waals surface area contributed by atoms with E-state index < -0.39 is 0 Å². The van der Waals surface area contributed by atoms with Gasteiger partial charge in [-0.25, -0.2) is 9.97 Å². The maximum absolute atomic E-state index is 13.1. The minimum absolute atomic E-state index is 0.0476. The van der Waals surface area contributed by atoms with E-state index in [-0.39, 0.29) is 24.3 Å². The number of anilines is 1. The van der Waals surface area contributed by atoms with E-state index in [1.165, 1.54) is 0 Å². The fourth-order valence-electron chi connectivity index (χ4n) is 6.00. The predicted molar refractivity (Wildman–Crippen MR) is 153 cm³/mol. The van der Waals surface area contributed by atoms with Crippen LogP contribution in [0.2, 0.25) is 0 Å². The van der Waals surface area contributed by atoms with Gasteiger partial charge in [-0.1, -0.05) is 25.5 Å². The zero-order chi connectivity index (χ0) is 28.1. The minimum Gasteiger partial charge on any atom is -0.378 e. The number of benzene rings is 1. The number of fused-ring (bicyclic) bond motifs is 2. The van der Waals surface area contributed by atoms with E-state index in [1.54, 1.807) is 9.80 Å². The van der Waals surface area contributed by atoms with Crippen molar-refractivity contribution in [3.8, 4) is 5.95 Å². The van der Waals surface area contributed by atoms with Gasteiger partial charge < -0.3 is 24.0 Å². The van der Waals surface area contributed by atoms with Gasteiger partial charge in [0.25, 0.3) is 0 Å². The third kappa shape index (κ3) is 4.50. The van der Waals surface area contributed by atoms with Gasteiger partial charge >= 0.3 is 0 Å². The Morgan fingerprint density at radius 1 is 1.00 bits per heavy atom. The second-order valence-electron chi connectivity index (χ2n) is 11.1. The molecular formula is C29H35N9O3. The monoisotopic (exact) mass is 557 g/mol. The molecule has 0 spiro atoms. The van der Waals surface area contributed by atoms with Crippen molar-refractivity contribution in [1.29, 1.82) is 0 Å². The molecule has 7 rings (SSSR count). The molecule has 0 bridgehead atoms. The van der Waals surface area contributed by atoms with Crippen molar-refractivity contribution >= 4 is 39.8 Å². The number of piperazine rings is 1. The number of para-hydroxylation sites is 2. The molecule has 0 atom stereocenters. The van der Waals surface area contributed by atoms with Gasteiger partial charge in [-0.2, -0.15) is 9.97 Å². The Morgan fingerprint density at radius 3 is 2.54 bits per heavy atom. The summed E-state index contributed by atoms with van der Waals surface area (Å²) in [5, 5.41) is 0. The molecule has 1 saturated carbocycles. The molecule has 4 aromatic rings. The normalized spacial score (nSPS) is 18.5. The van der Waals surface area contributed by atoms with Crippen LogP contribution in [0.5, 0.6) is 0 Å². The van der Waals surface area contributed by atoms with Crippen LogP contribution in [0.4, 0.5) is 5.82 Å². The summed E-state index contributed by atoms with van der Waals surface area (Å²) >= 11 is 0. The maximum atomic E-state index is 13.1. The number of morpholine rings is 1. The Morgan fingerprint density at radius 2 is 1.80 bits per heavy atom. The van der Waals surface area contributed by atoms with Crippen LogP contribution in [0.25, 0.3) is 28.1 Å². The lowest BCUT2D eigenvalue weighted by Crippen LogP contribution is -2.53. The molecule has 2 amide bonds. The summed E-state index contributed by atoms with van der Waals surface area (Å²) in [7, 11) is 1.94. The summed E-state index contributed by atoms with van der Waals surface area (Å²) in [6.45, 7) is 6.27. The van der Waals surface area contributed by atoms with Crippen molar-refractivity contribution in [3.05, 3.63) is 35.9 Å².